The third-order valence-corrected chi connectivity index (χ3v) is 5.49. The van der Waals surface area contributed by atoms with Crippen LogP contribution in [0, 0.1) is 0 Å². The van der Waals surface area contributed by atoms with Crippen LogP contribution >= 0.6 is 11.8 Å². The normalized spacial score (nSPS) is 16.0. The quantitative estimate of drug-likeness (QED) is 0.534. The van der Waals surface area contributed by atoms with Crippen molar-refractivity contribution < 1.29 is 23.8 Å². The van der Waals surface area contributed by atoms with E-state index in [0.29, 0.717) is 22.8 Å². The van der Waals surface area contributed by atoms with Gasteiger partial charge in [0.15, 0.2) is 0 Å². The lowest BCUT2D eigenvalue weighted by molar-refractivity contribution is -0.136. The van der Waals surface area contributed by atoms with Gasteiger partial charge in [-0.25, -0.2) is 9.59 Å². The highest BCUT2D eigenvalue weighted by molar-refractivity contribution is 7.99. The first kappa shape index (κ1) is 20.6. The fourth-order valence-corrected chi connectivity index (χ4v) is 3.82. The molecule has 29 heavy (non-hydrogen) atoms. The van der Waals surface area contributed by atoms with Crippen LogP contribution < -0.4 is 20.1 Å². The second-order valence-electron chi connectivity index (χ2n) is 6.15. The first-order valence-electron chi connectivity index (χ1n) is 8.85. The van der Waals surface area contributed by atoms with Gasteiger partial charge < -0.3 is 24.8 Å². The number of urea groups is 1. The summed E-state index contributed by atoms with van der Waals surface area (Å²) in [7, 11) is 4.51. The molecule has 1 aliphatic heterocycles. The molecule has 0 bridgehead atoms. The Bertz CT molecular complexity index is 910. The van der Waals surface area contributed by atoms with Crippen molar-refractivity contribution >= 4 is 23.8 Å². The molecule has 1 atom stereocenters. The highest BCUT2D eigenvalue weighted by atomic mass is 32.2. The van der Waals surface area contributed by atoms with Crippen molar-refractivity contribution in [2.24, 2.45) is 0 Å². The number of nitrogens with one attached hydrogen (secondary N) is 2. The zero-order chi connectivity index (χ0) is 20.8. The molecule has 2 aromatic carbocycles. The van der Waals surface area contributed by atoms with E-state index in [2.05, 4.69) is 10.6 Å². The van der Waals surface area contributed by atoms with Crippen molar-refractivity contribution in [1.82, 2.24) is 10.6 Å². The number of amides is 2. The minimum Gasteiger partial charge on any atom is -0.497 e. The molecule has 8 heteroatoms. The molecular weight excluding hydrogens is 392 g/mol. The highest BCUT2D eigenvalue weighted by Crippen LogP contribution is 2.31. The average Bonchev–Trinajstić information content (AvgIpc) is 2.77. The zero-order valence-electron chi connectivity index (χ0n) is 16.4. The third kappa shape index (κ3) is 4.83. The number of thioether (sulfide) groups is 1. The van der Waals surface area contributed by atoms with Gasteiger partial charge in [-0.3, -0.25) is 0 Å². The summed E-state index contributed by atoms with van der Waals surface area (Å²) in [6.07, 6.45) is 0. The lowest BCUT2D eigenvalue weighted by Gasteiger charge is -2.29. The van der Waals surface area contributed by atoms with Crippen LogP contribution in [0.5, 0.6) is 11.5 Å². The molecule has 0 saturated carbocycles. The summed E-state index contributed by atoms with van der Waals surface area (Å²) in [6, 6.07) is 13.8. The molecule has 3 rings (SSSR count). The van der Waals surface area contributed by atoms with Gasteiger partial charge in [0.2, 0.25) is 0 Å². The van der Waals surface area contributed by atoms with Gasteiger partial charge in [-0.2, -0.15) is 0 Å². The van der Waals surface area contributed by atoms with Gasteiger partial charge in [0.25, 0.3) is 0 Å². The van der Waals surface area contributed by atoms with Crippen molar-refractivity contribution in [1.29, 1.82) is 0 Å². The van der Waals surface area contributed by atoms with Crippen molar-refractivity contribution in [3.63, 3.8) is 0 Å². The number of hydrogen-bond acceptors (Lipinski definition) is 6. The summed E-state index contributed by atoms with van der Waals surface area (Å²) in [4.78, 5) is 25.8. The van der Waals surface area contributed by atoms with E-state index in [-0.39, 0.29) is 6.03 Å². The van der Waals surface area contributed by atoms with Crippen molar-refractivity contribution in [2.75, 3.05) is 27.1 Å². The van der Waals surface area contributed by atoms with Crippen LogP contribution in [-0.4, -0.2) is 39.1 Å². The number of rotatable bonds is 7. The Labute approximate surface area is 173 Å². The van der Waals surface area contributed by atoms with Crippen molar-refractivity contribution in [2.45, 2.75) is 10.9 Å². The number of benzene rings is 2. The van der Waals surface area contributed by atoms with Crippen molar-refractivity contribution in [3.8, 4) is 11.5 Å². The van der Waals surface area contributed by atoms with Crippen LogP contribution in [0.1, 0.15) is 11.6 Å². The van der Waals surface area contributed by atoms with Gasteiger partial charge in [0.1, 0.15) is 11.5 Å². The maximum atomic E-state index is 12.6. The Morgan fingerprint density at radius 3 is 2.10 bits per heavy atom. The molecule has 2 aromatic rings. The standard InChI is InChI=1S/C21H22N2O5S/c1-26-14-6-4-13(5-7-14)19-18(20(24)28-3)17(22-21(25)23-19)12-29-16-10-8-15(27-2)9-11-16/h4-11,19H,12H2,1-3H3,(H2,22,23,25). The fourth-order valence-electron chi connectivity index (χ4n) is 2.96. The molecule has 2 amide bonds. The van der Waals surface area contributed by atoms with Gasteiger partial charge in [-0.05, 0) is 42.0 Å². The lowest BCUT2D eigenvalue weighted by Crippen LogP contribution is -2.46. The maximum Gasteiger partial charge on any atom is 0.338 e. The summed E-state index contributed by atoms with van der Waals surface area (Å²) in [5.41, 5.74) is 1.65. The molecule has 0 radical (unpaired) electrons. The predicted molar refractivity (Wildman–Crippen MR) is 110 cm³/mol. The van der Waals surface area contributed by atoms with E-state index in [1.807, 2.05) is 36.4 Å². The van der Waals surface area contributed by atoms with Gasteiger partial charge in [-0.1, -0.05) is 12.1 Å². The van der Waals surface area contributed by atoms with Crippen LogP contribution in [0.3, 0.4) is 0 Å². The highest BCUT2D eigenvalue weighted by Gasteiger charge is 2.33. The topological polar surface area (TPSA) is 85.9 Å². The monoisotopic (exact) mass is 414 g/mol. The van der Waals surface area contributed by atoms with Crippen LogP contribution in [0.25, 0.3) is 0 Å². The van der Waals surface area contributed by atoms with E-state index in [0.717, 1.165) is 16.2 Å². The largest absolute Gasteiger partial charge is 0.497 e. The van der Waals surface area contributed by atoms with E-state index in [9.17, 15) is 9.59 Å². The Morgan fingerprint density at radius 2 is 1.55 bits per heavy atom. The minimum atomic E-state index is -0.617. The second-order valence-corrected chi connectivity index (χ2v) is 7.20. The molecule has 1 aliphatic rings. The number of ether oxygens (including phenoxy) is 3. The van der Waals surface area contributed by atoms with Crippen LogP contribution in [0.4, 0.5) is 4.79 Å². The predicted octanol–water partition coefficient (Wildman–Crippen LogP) is 3.28. The molecule has 1 heterocycles. The summed E-state index contributed by atoms with van der Waals surface area (Å²) < 4.78 is 15.3. The average molecular weight is 414 g/mol. The van der Waals surface area contributed by atoms with Crippen molar-refractivity contribution in [3.05, 3.63) is 65.4 Å². The van der Waals surface area contributed by atoms with E-state index in [1.165, 1.54) is 18.9 Å². The Balaban J connectivity index is 1.90. The maximum absolute atomic E-state index is 12.6. The number of carbonyl (C=O) groups excluding carboxylic acids is 2. The molecular formula is C21H22N2O5S. The van der Waals surface area contributed by atoms with E-state index in [1.54, 1.807) is 26.4 Å². The SMILES string of the molecule is COC(=O)C1=C(CSc2ccc(OC)cc2)NC(=O)NC1c1ccc(OC)cc1. The molecule has 2 N–H and O–H groups in total. The van der Waals surface area contributed by atoms with Gasteiger partial charge >= 0.3 is 12.0 Å². The first-order chi connectivity index (χ1) is 14.0. The first-order valence-corrected chi connectivity index (χ1v) is 9.84. The summed E-state index contributed by atoms with van der Waals surface area (Å²) in [5, 5.41) is 5.56. The molecule has 0 fully saturated rings. The Morgan fingerprint density at radius 1 is 0.966 bits per heavy atom. The number of hydrogen-bond donors (Lipinski definition) is 2. The number of carbonyl (C=O) groups is 2. The Hall–Kier alpha value is -3.13. The van der Waals surface area contributed by atoms with Gasteiger partial charge in [0.05, 0.1) is 32.9 Å². The van der Waals surface area contributed by atoms with Crippen LogP contribution in [0.2, 0.25) is 0 Å². The number of esters is 1. The van der Waals surface area contributed by atoms with Gasteiger partial charge in [-0.15, -0.1) is 11.8 Å². The minimum absolute atomic E-state index is 0.371. The molecule has 0 aliphatic carbocycles. The smallest absolute Gasteiger partial charge is 0.338 e. The molecule has 0 aromatic heterocycles. The Kier molecular flexibility index (Phi) is 6.66. The van der Waals surface area contributed by atoms with E-state index < -0.39 is 12.0 Å². The van der Waals surface area contributed by atoms with Crippen LogP contribution in [0.15, 0.2) is 64.7 Å². The summed E-state index contributed by atoms with van der Waals surface area (Å²) in [5.74, 6) is 1.35. The number of methoxy groups -OCH3 is 3. The fraction of sp³-hybridized carbons (Fsp3) is 0.238. The van der Waals surface area contributed by atoms with E-state index in [4.69, 9.17) is 14.2 Å². The summed E-state index contributed by atoms with van der Waals surface area (Å²) in [6.45, 7) is 0. The third-order valence-electron chi connectivity index (χ3n) is 4.45. The van der Waals surface area contributed by atoms with Crippen LogP contribution in [-0.2, 0) is 9.53 Å². The molecule has 0 spiro atoms. The second kappa shape index (κ2) is 9.38. The molecule has 7 nitrogen and oxygen atoms in total. The molecule has 1 unspecified atom stereocenters. The summed E-state index contributed by atoms with van der Waals surface area (Å²) >= 11 is 1.50. The molecule has 0 saturated heterocycles. The van der Waals surface area contributed by atoms with Gasteiger partial charge in [0, 0.05) is 16.3 Å². The lowest BCUT2D eigenvalue weighted by atomic mass is 9.95. The molecule has 152 valence electrons. The van der Waals surface area contributed by atoms with E-state index >= 15 is 0 Å². The zero-order valence-corrected chi connectivity index (χ0v) is 17.2.